The maximum absolute atomic E-state index is 6.10. The molecule has 1 aromatic carbocycles. The van der Waals surface area contributed by atoms with Crippen molar-refractivity contribution in [1.82, 2.24) is 0 Å². The van der Waals surface area contributed by atoms with Crippen LogP contribution in [0.5, 0.6) is 5.75 Å². The maximum atomic E-state index is 6.10. The average molecular weight is 263 g/mol. The van der Waals surface area contributed by atoms with Crippen LogP contribution >= 0.6 is 12.2 Å². The summed E-state index contributed by atoms with van der Waals surface area (Å²) in [6, 6.07) is 5.97. The van der Waals surface area contributed by atoms with Crippen LogP contribution in [-0.4, -0.2) is 11.1 Å². The summed E-state index contributed by atoms with van der Waals surface area (Å²) < 4.78 is 6.10. The molecular weight excluding hydrogens is 242 g/mol. The Kier molecular flexibility index (Phi) is 4.23. The minimum atomic E-state index is 0.355. The standard InChI is InChI=1S/C15H21NOS/c1-10-5-3-4-6-14(10)17-12-7-8-13(15(16)18)11(2)9-12/h7-10,14H,3-6H2,1-2H3,(H2,16,18). The van der Waals surface area contributed by atoms with Crippen molar-refractivity contribution in [2.45, 2.75) is 45.6 Å². The smallest absolute Gasteiger partial charge is 0.120 e. The zero-order chi connectivity index (χ0) is 13.1. The number of nitrogens with two attached hydrogens (primary N) is 1. The second-order valence-electron chi connectivity index (χ2n) is 5.26. The Labute approximate surface area is 115 Å². The van der Waals surface area contributed by atoms with Gasteiger partial charge in [-0.2, -0.15) is 0 Å². The van der Waals surface area contributed by atoms with Gasteiger partial charge in [-0.25, -0.2) is 0 Å². The van der Waals surface area contributed by atoms with Gasteiger partial charge in [-0.05, 0) is 55.9 Å². The summed E-state index contributed by atoms with van der Waals surface area (Å²) in [4.78, 5) is 0.449. The molecule has 1 saturated carbocycles. The fourth-order valence-corrected chi connectivity index (χ4v) is 2.85. The van der Waals surface area contributed by atoms with Gasteiger partial charge in [-0.3, -0.25) is 0 Å². The molecule has 1 aliphatic rings. The molecule has 0 radical (unpaired) electrons. The topological polar surface area (TPSA) is 35.2 Å². The summed E-state index contributed by atoms with van der Waals surface area (Å²) in [7, 11) is 0. The van der Waals surface area contributed by atoms with Gasteiger partial charge in [0.15, 0.2) is 0 Å². The van der Waals surface area contributed by atoms with E-state index < -0.39 is 0 Å². The third-order valence-electron chi connectivity index (χ3n) is 3.78. The highest BCUT2D eigenvalue weighted by molar-refractivity contribution is 7.80. The van der Waals surface area contributed by atoms with Crippen LogP contribution in [0.3, 0.4) is 0 Å². The van der Waals surface area contributed by atoms with E-state index in [-0.39, 0.29) is 0 Å². The van der Waals surface area contributed by atoms with Gasteiger partial charge in [0.25, 0.3) is 0 Å². The zero-order valence-corrected chi connectivity index (χ0v) is 11.9. The number of ether oxygens (including phenoxy) is 1. The van der Waals surface area contributed by atoms with Gasteiger partial charge >= 0.3 is 0 Å². The highest BCUT2D eigenvalue weighted by Gasteiger charge is 2.22. The first-order valence-corrected chi connectivity index (χ1v) is 7.06. The minimum absolute atomic E-state index is 0.355. The number of benzene rings is 1. The van der Waals surface area contributed by atoms with E-state index in [1.165, 1.54) is 19.3 Å². The molecular formula is C15H21NOS. The Balaban J connectivity index is 2.10. The third-order valence-corrected chi connectivity index (χ3v) is 4.00. The molecule has 2 nitrogen and oxygen atoms in total. The number of aryl methyl sites for hydroxylation is 1. The van der Waals surface area contributed by atoms with Crippen molar-refractivity contribution in [2.75, 3.05) is 0 Å². The predicted molar refractivity (Wildman–Crippen MR) is 79.1 cm³/mol. The van der Waals surface area contributed by atoms with Crippen molar-refractivity contribution >= 4 is 17.2 Å². The first kappa shape index (κ1) is 13.3. The van der Waals surface area contributed by atoms with Crippen molar-refractivity contribution in [3.8, 4) is 5.75 Å². The maximum Gasteiger partial charge on any atom is 0.120 e. The monoisotopic (exact) mass is 263 g/mol. The fourth-order valence-electron chi connectivity index (χ4n) is 2.62. The number of hydrogen-bond donors (Lipinski definition) is 1. The molecule has 3 heteroatoms. The first-order chi connectivity index (χ1) is 8.58. The van der Waals surface area contributed by atoms with Gasteiger partial charge in [-0.15, -0.1) is 0 Å². The van der Waals surface area contributed by atoms with E-state index in [9.17, 15) is 0 Å². The lowest BCUT2D eigenvalue weighted by molar-refractivity contribution is 0.102. The Morgan fingerprint density at radius 3 is 2.67 bits per heavy atom. The summed E-state index contributed by atoms with van der Waals surface area (Å²) in [6.45, 7) is 4.30. The van der Waals surface area contributed by atoms with E-state index in [0.29, 0.717) is 17.0 Å². The highest BCUT2D eigenvalue weighted by Crippen LogP contribution is 2.28. The second-order valence-corrected chi connectivity index (χ2v) is 5.70. The minimum Gasteiger partial charge on any atom is -0.490 e. The Bertz CT molecular complexity index is 444. The van der Waals surface area contributed by atoms with Gasteiger partial charge in [0, 0.05) is 5.56 Å². The van der Waals surface area contributed by atoms with E-state index in [1.54, 1.807) is 0 Å². The van der Waals surface area contributed by atoms with E-state index in [2.05, 4.69) is 6.92 Å². The van der Waals surface area contributed by atoms with Crippen LogP contribution in [-0.2, 0) is 0 Å². The van der Waals surface area contributed by atoms with E-state index >= 15 is 0 Å². The quantitative estimate of drug-likeness (QED) is 0.846. The van der Waals surface area contributed by atoms with Crippen LogP contribution < -0.4 is 10.5 Å². The molecule has 2 atom stereocenters. The van der Waals surface area contributed by atoms with Gasteiger partial charge in [0.2, 0.25) is 0 Å². The number of thiocarbonyl (C=S) groups is 1. The summed E-state index contributed by atoms with van der Waals surface area (Å²) >= 11 is 5.01. The molecule has 2 N–H and O–H groups in total. The SMILES string of the molecule is Cc1cc(OC2CCCCC2C)ccc1C(N)=S. The first-order valence-electron chi connectivity index (χ1n) is 6.65. The molecule has 1 aromatic rings. The average Bonchev–Trinajstić information content (AvgIpc) is 2.32. The molecule has 0 aliphatic heterocycles. The molecule has 1 fully saturated rings. The van der Waals surface area contributed by atoms with Crippen molar-refractivity contribution in [2.24, 2.45) is 11.7 Å². The molecule has 98 valence electrons. The van der Waals surface area contributed by atoms with E-state index in [4.69, 9.17) is 22.7 Å². The lowest BCUT2D eigenvalue weighted by atomic mass is 9.88. The summed E-state index contributed by atoms with van der Waals surface area (Å²) in [5.41, 5.74) is 7.69. The lowest BCUT2D eigenvalue weighted by Crippen LogP contribution is -2.28. The van der Waals surface area contributed by atoms with Crippen molar-refractivity contribution in [3.05, 3.63) is 29.3 Å². The van der Waals surface area contributed by atoms with Crippen LogP contribution in [0.15, 0.2) is 18.2 Å². The molecule has 0 aromatic heterocycles. The largest absolute Gasteiger partial charge is 0.490 e. The van der Waals surface area contributed by atoms with Crippen LogP contribution in [0.1, 0.15) is 43.7 Å². The molecule has 0 bridgehead atoms. The predicted octanol–water partition coefficient (Wildman–Crippen LogP) is 3.59. The molecule has 18 heavy (non-hydrogen) atoms. The van der Waals surface area contributed by atoms with Gasteiger partial charge in [0.05, 0.1) is 0 Å². The summed E-state index contributed by atoms with van der Waals surface area (Å²) in [5.74, 6) is 1.58. The van der Waals surface area contributed by atoms with E-state index in [1.807, 2.05) is 25.1 Å². The second kappa shape index (κ2) is 5.70. The Morgan fingerprint density at radius 2 is 2.06 bits per heavy atom. The molecule has 0 spiro atoms. The van der Waals surface area contributed by atoms with Crippen LogP contribution in [0.4, 0.5) is 0 Å². The van der Waals surface area contributed by atoms with E-state index in [0.717, 1.165) is 23.3 Å². The number of rotatable bonds is 3. The molecule has 2 unspecified atom stereocenters. The molecule has 0 heterocycles. The van der Waals surface area contributed by atoms with Gasteiger partial charge in [-0.1, -0.05) is 25.6 Å². The number of hydrogen-bond acceptors (Lipinski definition) is 2. The van der Waals surface area contributed by atoms with Gasteiger partial charge < -0.3 is 10.5 Å². The summed E-state index contributed by atoms with van der Waals surface area (Å²) in [6.07, 6.45) is 5.40. The Morgan fingerprint density at radius 1 is 1.33 bits per heavy atom. The molecule has 0 amide bonds. The van der Waals surface area contributed by atoms with Crippen LogP contribution in [0, 0.1) is 12.8 Å². The summed E-state index contributed by atoms with van der Waals surface area (Å²) in [5, 5.41) is 0. The van der Waals surface area contributed by atoms with Crippen LogP contribution in [0.25, 0.3) is 0 Å². The highest BCUT2D eigenvalue weighted by atomic mass is 32.1. The van der Waals surface area contributed by atoms with Crippen LogP contribution in [0.2, 0.25) is 0 Å². The van der Waals surface area contributed by atoms with Crippen molar-refractivity contribution in [1.29, 1.82) is 0 Å². The van der Waals surface area contributed by atoms with Gasteiger partial charge in [0.1, 0.15) is 16.8 Å². The molecule has 2 rings (SSSR count). The molecule has 0 saturated heterocycles. The zero-order valence-electron chi connectivity index (χ0n) is 11.1. The van der Waals surface area contributed by atoms with Crippen molar-refractivity contribution in [3.63, 3.8) is 0 Å². The Hall–Kier alpha value is -1.09. The lowest BCUT2D eigenvalue weighted by Gasteiger charge is -2.29. The van der Waals surface area contributed by atoms with Crippen molar-refractivity contribution < 1.29 is 4.74 Å². The third kappa shape index (κ3) is 3.02. The molecule has 1 aliphatic carbocycles. The normalized spacial score (nSPS) is 23.7. The fraction of sp³-hybridized carbons (Fsp3) is 0.533.